The molecule has 6 nitrogen and oxygen atoms in total. The molecule has 1 fully saturated rings. The van der Waals surface area contributed by atoms with Crippen LogP contribution in [-0.2, 0) is 11.3 Å². The lowest BCUT2D eigenvalue weighted by atomic mass is 10.0. The molecule has 1 aliphatic carbocycles. The molecule has 3 aromatic rings. The molecular weight excluding hydrogens is 414 g/mol. The lowest BCUT2D eigenvalue weighted by Gasteiger charge is -2.29. The van der Waals surface area contributed by atoms with Crippen LogP contribution in [0.5, 0.6) is 0 Å². The van der Waals surface area contributed by atoms with Crippen LogP contribution < -0.4 is 11.2 Å². The number of ketones is 1. The van der Waals surface area contributed by atoms with Gasteiger partial charge in [-0.25, -0.2) is 9.80 Å². The largest absolute Gasteiger partial charge is 0.443 e. The van der Waals surface area contributed by atoms with Crippen molar-refractivity contribution in [1.29, 1.82) is 0 Å². The van der Waals surface area contributed by atoms with Gasteiger partial charge in [0.2, 0.25) is 0 Å². The molecule has 0 heterocycles. The second kappa shape index (κ2) is 10.3. The third-order valence-corrected chi connectivity index (χ3v) is 5.85. The first-order valence-corrected chi connectivity index (χ1v) is 11.2. The summed E-state index contributed by atoms with van der Waals surface area (Å²) in [6.45, 7) is 1.98. The summed E-state index contributed by atoms with van der Waals surface area (Å²) in [6, 6.07) is 26.3. The molecule has 1 aliphatic rings. The Balaban J connectivity index is 1.46. The Morgan fingerprint density at radius 2 is 1.61 bits per heavy atom. The molecule has 3 N–H and O–H groups in total. The number of ether oxygens (including phenoxy) is 1. The standard InChI is InChI=1S/C27H29N3O3/c1-19(16-26(31)22-10-6-3-7-11-22)30(27(32)33-18-20-8-4-2-5-9-20)29-23-14-12-21(13-15-23)24-17-25(24)28/h2-15,19,24-25,29H,16-18,28H2,1H3. The number of carbonyl (C=O) groups is 2. The fraction of sp³-hybridized carbons (Fsp3) is 0.259. The summed E-state index contributed by atoms with van der Waals surface area (Å²) in [7, 11) is 0. The Morgan fingerprint density at radius 1 is 1.00 bits per heavy atom. The topological polar surface area (TPSA) is 84.7 Å². The zero-order valence-electron chi connectivity index (χ0n) is 18.7. The summed E-state index contributed by atoms with van der Waals surface area (Å²) in [5.41, 5.74) is 12.5. The van der Waals surface area contributed by atoms with Crippen molar-refractivity contribution in [3.8, 4) is 0 Å². The quantitative estimate of drug-likeness (QED) is 0.354. The number of nitrogens with two attached hydrogens (primary N) is 1. The van der Waals surface area contributed by atoms with Crippen LogP contribution in [0.15, 0.2) is 84.9 Å². The van der Waals surface area contributed by atoms with Crippen molar-refractivity contribution < 1.29 is 14.3 Å². The van der Waals surface area contributed by atoms with Crippen molar-refractivity contribution in [2.75, 3.05) is 5.43 Å². The van der Waals surface area contributed by atoms with E-state index >= 15 is 0 Å². The predicted molar refractivity (Wildman–Crippen MR) is 129 cm³/mol. The first-order valence-electron chi connectivity index (χ1n) is 11.2. The lowest BCUT2D eigenvalue weighted by molar-refractivity contribution is 0.0835. The number of Topliss-reactive ketones (excluding diaryl/α,β-unsaturated/α-hetero) is 1. The number of hydrogen-bond donors (Lipinski definition) is 2. The second-order valence-corrected chi connectivity index (χ2v) is 8.49. The third kappa shape index (κ3) is 5.99. The van der Waals surface area contributed by atoms with Crippen molar-refractivity contribution in [2.45, 2.75) is 44.4 Å². The number of anilines is 1. The van der Waals surface area contributed by atoms with Gasteiger partial charge in [-0.15, -0.1) is 0 Å². The molecule has 0 aromatic heterocycles. The van der Waals surface area contributed by atoms with Crippen LogP contribution in [0.3, 0.4) is 0 Å². The summed E-state index contributed by atoms with van der Waals surface area (Å²) >= 11 is 0. The second-order valence-electron chi connectivity index (χ2n) is 8.49. The first-order chi connectivity index (χ1) is 16.0. The van der Waals surface area contributed by atoms with E-state index in [1.54, 1.807) is 12.1 Å². The molecule has 1 amide bonds. The van der Waals surface area contributed by atoms with Gasteiger partial charge in [-0.1, -0.05) is 72.8 Å². The minimum Gasteiger partial charge on any atom is -0.443 e. The Labute approximate surface area is 194 Å². The lowest BCUT2D eigenvalue weighted by Crippen LogP contribution is -2.44. The van der Waals surface area contributed by atoms with Crippen LogP contribution in [0.4, 0.5) is 10.5 Å². The van der Waals surface area contributed by atoms with E-state index in [-0.39, 0.29) is 24.9 Å². The number of nitrogens with one attached hydrogen (secondary N) is 1. The van der Waals surface area contributed by atoms with E-state index in [9.17, 15) is 9.59 Å². The van der Waals surface area contributed by atoms with Gasteiger partial charge in [0.05, 0.1) is 11.7 Å². The minimum absolute atomic E-state index is 0.0381. The summed E-state index contributed by atoms with van der Waals surface area (Å²) in [4.78, 5) is 25.8. The number of rotatable bonds is 9. The number of nitrogens with zero attached hydrogens (tertiary/aromatic N) is 1. The predicted octanol–water partition coefficient (Wildman–Crippen LogP) is 5.13. The van der Waals surface area contributed by atoms with Gasteiger partial charge in [0.1, 0.15) is 6.61 Å². The fourth-order valence-corrected chi connectivity index (χ4v) is 3.77. The Morgan fingerprint density at radius 3 is 2.21 bits per heavy atom. The monoisotopic (exact) mass is 443 g/mol. The van der Waals surface area contributed by atoms with Gasteiger partial charge in [0, 0.05) is 23.9 Å². The van der Waals surface area contributed by atoms with E-state index in [0.717, 1.165) is 17.7 Å². The van der Waals surface area contributed by atoms with E-state index in [4.69, 9.17) is 10.5 Å². The number of amides is 1. The van der Waals surface area contributed by atoms with E-state index in [0.29, 0.717) is 11.5 Å². The molecule has 0 bridgehead atoms. The number of hydrazine groups is 1. The summed E-state index contributed by atoms with van der Waals surface area (Å²) in [5.74, 6) is 0.372. The van der Waals surface area contributed by atoms with Gasteiger partial charge in [-0.3, -0.25) is 10.2 Å². The molecule has 6 heteroatoms. The summed E-state index contributed by atoms with van der Waals surface area (Å²) < 4.78 is 5.55. The third-order valence-electron chi connectivity index (χ3n) is 5.85. The zero-order chi connectivity index (χ0) is 23.2. The normalized spacial score (nSPS) is 17.6. The van der Waals surface area contributed by atoms with Gasteiger partial charge in [0.25, 0.3) is 0 Å². The highest BCUT2D eigenvalue weighted by Crippen LogP contribution is 2.39. The van der Waals surface area contributed by atoms with Crippen LogP contribution in [0.25, 0.3) is 0 Å². The molecule has 0 aliphatic heterocycles. The van der Waals surface area contributed by atoms with Gasteiger partial charge >= 0.3 is 6.09 Å². The molecule has 1 saturated carbocycles. The van der Waals surface area contributed by atoms with Gasteiger partial charge in [-0.05, 0) is 36.6 Å². The summed E-state index contributed by atoms with van der Waals surface area (Å²) in [6.07, 6.45) is 0.621. The van der Waals surface area contributed by atoms with Gasteiger partial charge in [0.15, 0.2) is 5.78 Å². The molecule has 0 radical (unpaired) electrons. The van der Waals surface area contributed by atoms with E-state index < -0.39 is 12.1 Å². The van der Waals surface area contributed by atoms with E-state index in [2.05, 4.69) is 5.43 Å². The maximum absolute atomic E-state index is 13.0. The summed E-state index contributed by atoms with van der Waals surface area (Å²) in [5, 5.41) is 1.39. The van der Waals surface area contributed by atoms with Gasteiger partial charge < -0.3 is 10.5 Å². The Kier molecular flexibility index (Phi) is 7.05. The average Bonchev–Trinajstić information content (AvgIpc) is 3.59. The Hall–Kier alpha value is -3.64. The van der Waals surface area contributed by atoms with Crippen molar-refractivity contribution >= 4 is 17.6 Å². The molecule has 33 heavy (non-hydrogen) atoms. The highest BCUT2D eigenvalue weighted by atomic mass is 16.6. The number of hydrogen-bond acceptors (Lipinski definition) is 5. The van der Waals surface area contributed by atoms with Gasteiger partial charge in [-0.2, -0.15) is 0 Å². The highest BCUT2D eigenvalue weighted by Gasteiger charge is 2.34. The number of carbonyl (C=O) groups excluding carboxylic acids is 2. The smallest absolute Gasteiger partial charge is 0.429 e. The molecule has 3 unspecified atom stereocenters. The van der Waals surface area contributed by atoms with Crippen molar-refractivity contribution in [2.24, 2.45) is 5.73 Å². The molecule has 3 aromatic carbocycles. The zero-order valence-corrected chi connectivity index (χ0v) is 18.7. The van der Waals surface area contributed by atoms with Crippen LogP contribution in [0.2, 0.25) is 0 Å². The molecule has 4 rings (SSSR count). The van der Waals surface area contributed by atoms with Crippen LogP contribution >= 0.6 is 0 Å². The number of benzene rings is 3. The highest BCUT2D eigenvalue weighted by molar-refractivity contribution is 5.96. The minimum atomic E-state index is -0.541. The van der Waals surface area contributed by atoms with Crippen molar-refractivity contribution in [3.05, 3.63) is 102 Å². The molecular formula is C27H29N3O3. The van der Waals surface area contributed by atoms with E-state index in [1.165, 1.54) is 10.6 Å². The molecule has 0 spiro atoms. The average molecular weight is 444 g/mol. The maximum Gasteiger partial charge on any atom is 0.429 e. The van der Waals surface area contributed by atoms with Crippen LogP contribution in [0.1, 0.15) is 47.2 Å². The SMILES string of the molecule is CC(CC(=O)c1ccccc1)N(Nc1ccc(C2CC2N)cc1)C(=O)OCc1ccccc1. The van der Waals surface area contributed by atoms with Crippen LogP contribution in [-0.4, -0.2) is 29.0 Å². The molecule has 170 valence electrons. The van der Waals surface area contributed by atoms with E-state index in [1.807, 2.05) is 79.7 Å². The maximum atomic E-state index is 13.0. The molecule has 0 saturated heterocycles. The van der Waals surface area contributed by atoms with Crippen molar-refractivity contribution in [1.82, 2.24) is 5.01 Å². The van der Waals surface area contributed by atoms with Crippen molar-refractivity contribution in [3.63, 3.8) is 0 Å². The fourth-order valence-electron chi connectivity index (χ4n) is 3.77. The first kappa shape index (κ1) is 22.6. The van der Waals surface area contributed by atoms with Crippen LogP contribution in [0, 0.1) is 0 Å². The molecule has 3 atom stereocenters. The Bertz CT molecular complexity index is 1070.